The van der Waals surface area contributed by atoms with E-state index in [1.165, 1.54) is 25.7 Å². The quantitative estimate of drug-likeness (QED) is 0.720. The smallest absolute Gasteiger partial charge is 0.220 e. The van der Waals surface area contributed by atoms with E-state index in [2.05, 4.69) is 5.32 Å². The number of nitrogens with one attached hydrogen (secondary N) is 1. The zero-order valence-corrected chi connectivity index (χ0v) is 11.3. The standard InChI is InChI=1S/C14H27NO2/c1-3-14(2,10-11-16)15-13(17)9-8-12-6-4-5-7-12/h12,16H,3-11H2,1-2H3,(H,15,17). The maximum Gasteiger partial charge on any atom is 0.220 e. The molecule has 3 nitrogen and oxygen atoms in total. The van der Waals surface area contributed by atoms with E-state index in [9.17, 15) is 4.79 Å². The van der Waals surface area contributed by atoms with Crippen molar-refractivity contribution in [3.63, 3.8) is 0 Å². The molecule has 1 amide bonds. The first-order valence-corrected chi connectivity index (χ1v) is 7.01. The Hall–Kier alpha value is -0.570. The minimum atomic E-state index is -0.235. The van der Waals surface area contributed by atoms with Crippen LogP contribution < -0.4 is 5.32 Å². The maximum absolute atomic E-state index is 11.9. The van der Waals surface area contributed by atoms with Crippen molar-refractivity contribution in [3.05, 3.63) is 0 Å². The molecule has 17 heavy (non-hydrogen) atoms. The van der Waals surface area contributed by atoms with Gasteiger partial charge in [0.1, 0.15) is 0 Å². The van der Waals surface area contributed by atoms with Gasteiger partial charge >= 0.3 is 0 Å². The summed E-state index contributed by atoms with van der Waals surface area (Å²) in [7, 11) is 0. The van der Waals surface area contributed by atoms with E-state index in [4.69, 9.17) is 5.11 Å². The Bertz CT molecular complexity index is 236. The molecule has 0 aromatic carbocycles. The molecule has 1 aliphatic carbocycles. The average Bonchev–Trinajstić information content (AvgIpc) is 2.79. The van der Waals surface area contributed by atoms with Crippen LogP contribution in [0.15, 0.2) is 0 Å². The molecule has 0 aromatic heterocycles. The Morgan fingerprint density at radius 3 is 2.59 bits per heavy atom. The lowest BCUT2D eigenvalue weighted by Crippen LogP contribution is -2.46. The lowest BCUT2D eigenvalue weighted by Gasteiger charge is -2.29. The Kier molecular flexibility index (Phi) is 5.96. The Balaban J connectivity index is 2.26. The van der Waals surface area contributed by atoms with Crippen LogP contribution in [-0.2, 0) is 4.79 Å². The van der Waals surface area contributed by atoms with Crippen molar-refractivity contribution in [2.75, 3.05) is 6.61 Å². The summed E-state index contributed by atoms with van der Waals surface area (Å²) < 4.78 is 0. The van der Waals surface area contributed by atoms with Crippen molar-refractivity contribution in [3.8, 4) is 0 Å². The zero-order chi connectivity index (χ0) is 12.7. The largest absolute Gasteiger partial charge is 0.396 e. The van der Waals surface area contributed by atoms with E-state index in [0.717, 1.165) is 18.8 Å². The van der Waals surface area contributed by atoms with Crippen LogP contribution in [0.25, 0.3) is 0 Å². The summed E-state index contributed by atoms with van der Waals surface area (Å²) in [6.45, 7) is 4.19. The van der Waals surface area contributed by atoms with E-state index in [1.54, 1.807) is 0 Å². The molecule has 0 aromatic rings. The fourth-order valence-electron chi connectivity index (χ4n) is 2.61. The fraction of sp³-hybridized carbons (Fsp3) is 0.929. The maximum atomic E-state index is 11.9. The molecule has 1 fully saturated rings. The van der Waals surface area contributed by atoms with Crippen molar-refractivity contribution in [2.24, 2.45) is 5.92 Å². The Morgan fingerprint density at radius 1 is 1.41 bits per heavy atom. The molecule has 0 aliphatic heterocycles. The molecule has 0 saturated heterocycles. The lowest BCUT2D eigenvalue weighted by molar-refractivity contribution is -0.123. The number of amides is 1. The summed E-state index contributed by atoms with van der Waals surface area (Å²) in [5.41, 5.74) is -0.235. The molecule has 2 N–H and O–H groups in total. The van der Waals surface area contributed by atoms with Gasteiger partial charge in [-0.3, -0.25) is 4.79 Å². The van der Waals surface area contributed by atoms with Crippen molar-refractivity contribution in [1.82, 2.24) is 5.32 Å². The third kappa shape index (κ3) is 5.07. The predicted molar refractivity (Wildman–Crippen MR) is 69.7 cm³/mol. The van der Waals surface area contributed by atoms with Gasteiger partial charge in [-0.2, -0.15) is 0 Å². The van der Waals surface area contributed by atoms with Gasteiger partial charge < -0.3 is 10.4 Å². The topological polar surface area (TPSA) is 49.3 Å². The van der Waals surface area contributed by atoms with Crippen LogP contribution in [0.3, 0.4) is 0 Å². The summed E-state index contributed by atoms with van der Waals surface area (Å²) in [5, 5.41) is 12.1. The molecule has 0 radical (unpaired) electrons. The molecule has 1 atom stereocenters. The molecular formula is C14H27NO2. The molecule has 1 saturated carbocycles. The zero-order valence-electron chi connectivity index (χ0n) is 11.3. The average molecular weight is 241 g/mol. The van der Waals surface area contributed by atoms with Gasteiger partial charge in [-0.1, -0.05) is 32.6 Å². The van der Waals surface area contributed by atoms with Crippen LogP contribution in [0.2, 0.25) is 0 Å². The number of hydrogen-bond donors (Lipinski definition) is 2. The second-order valence-electron chi connectivity index (χ2n) is 5.63. The van der Waals surface area contributed by atoms with Crippen molar-refractivity contribution >= 4 is 5.91 Å². The van der Waals surface area contributed by atoms with Gasteiger partial charge in [0.15, 0.2) is 0 Å². The molecule has 0 bridgehead atoms. The Morgan fingerprint density at radius 2 is 2.06 bits per heavy atom. The fourth-order valence-corrected chi connectivity index (χ4v) is 2.61. The van der Waals surface area contributed by atoms with Crippen LogP contribution in [0.4, 0.5) is 0 Å². The van der Waals surface area contributed by atoms with Gasteiger partial charge in [-0.05, 0) is 32.1 Å². The van der Waals surface area contributed by atoms with Crippen molar-refractivity contribution in [1.29, 1.82) is 0 Å². The summed E-state index contributed by atoms with van der Waals surface area (Å²) in [6.07, 6.45) is 8.45. The number of aliphatic hydroxyl groups is 1. The van der Waals surface area contributed by atoms with E-state index in [1.807, 2.05) is 13.8 Å². The second-order valence-corrected chi connectivity index (χ2v) is 5.63. The summed E-state index contributed by atoms with van der Waals surface area (Å²) in [5.74, 6) is 0.918. The Labute approximate surface area is 105 Å². The van der Waals surface area contributed by atoms with Crippen molar-refractivity contribution in [2.45, 2.75) is 70.8 Å². The number of aliphatic hydroxyl groups excluding tert-OH is 1. The highest BCUT2D eigenvalue weighted by Gasteiger charge is 2.24. The van der Waals surface area contributed by atoms with Crippen LogP contribution in [-0.4, -0.2) is 23.2 Å². The molecule has 0 spiro atoms. The van der Waals surface area contributed by atoms with E-state index in [-0.39, 0.29) is 18.1 Å². The SMILES string of the molecule is CCC(C)(CCO)NC(=O)CCC1CCCC1. The molecule has 1 unspecified atom stereocenters. The molecule has 100 valence electrons. The summed E-state index contributed by atoms with van der Waals surface area (Å²) in [6, 6.07) is 0. The second kappa shape index (κ2) is 7.00. The molecule has 3 heteroatoms. The molecule has 1 rings (SSSR count). The number of carbonyl (C=O) groups is 1. The molecule has 1 aliphatic rings. The van der Waals surface area contributed by atoms with Crippen LogP contribution in [0, 0.1) is 5.92 Å². The van der Waals surface area contributed by atoms with E-state index in [0.29, 0.717) is 12.8 Å². The highest BCUT2D eigenvalue weighted by molar-refractivity contribution is 5.76. The minimum Gasteiger partial charge on any atom is -0.396 e. The van der Waals surface area contributed by atoms with Gasteiger partial charge in [0.2, 0.25) is 5.91 Å². The van der Waals surface area contributed by atoms with Gasteiger partial charge in [-0.25, -0.2) is 0 Å². The number of hydrogen-bond acceptors (Lipinski definition) is 2. The third-order valence-corrected chi connectivity index (χ3v) is 4.14. The first-order valence-electron chi connectivity index (χ1n) is 7.01. The normalized spacial score (nSPS) is 20.2. The molecule has 0 heterocycles. The first kappa shape index (κ1) is 14.5. The number of rotatable bonds is 7. The minimum absolute atomic E-state index is 0.132. The van der Waals surface area contributed by atoms with E-state index >= 15 is 0 Å². The van der Waals surface area contributed by atoms with Gasteiger partial charge in [-0.15, -0.1) is 0 Å². The predicted octanol–water partition coefficient (Wildman–Crippen LogP) is 2.62. The lowest BCUT2D eigenvalue weighted by atomic mass is 9.94. The van der Waals surface area contributed by atoms with Crippen LogP contribution >= 0.6 is 0 Å². The number of carbonyl (C=O) groups excluding carboxylic acids is 1. The van der Waals surface area contributed by atoms with Gasteiger partial charge in [0.25, 0.3) is 0 Å². The highest BCUT2D eigenvalue weighted by atomic mass is 16.3. The first-order chi connectivity index (χ1) is 8.09. The van der Waals surface area contributed by atoms with E-state index < -0.39 is 0 Å². The van der Waals surface area contributed by atoms with Crippen LogP contribution in [0.1, 0.15) is 65.2 Å². The highest BCUT2D eigenvalue weighted by Crippen LogP contribution is 2.28. The van der Waals surface area contributed by atoms with Gasteiger partial charge in [0.05, 0.1) is 0 Å². The molecular weight excluding hydrogens is 214 g/mol. The summed E-state index contributed by atoms with van der Waals surface area (Å²) in [4.78, 5) is 11.9. The van der Waals surface area contributed by atoms with Crippen LogP contribution in [0.5, 0.6) is 0 Å². The van der Waals surface area contributed by atoms with Gasteiger partial charge in [0, 0.05) is 18.6 Å². The third-order valence-electron chi connectivity index (χ3n) is 4.14. The van der Waals surface area contributed by atoms with Crippen molar-refractivity contribution < 1.29 is 9.90 Å². The summed E-state index contributed by atoms with van der Waals surface area (Å²) >= 11 is 0. The monoisotopic (exact) mass is 241 g/mol.